The summed E-state index contributed by atoms with van der Waals surface area (Å²) in [6.07, 6.45) is 6.20. The van der Waals surface area contributed by atoms with Gasteiger partial charge in [-0.25, -0.2) is 34.7 Å². The van der Waals surface area contributed by atoms with Gasteiger partial charge in [0, 0.05) is 39.8 Å². The summed E-state index contributed by atoms with van der Waals surface area (Å²) in [6, 6.07) is 64.9. The Morgan fingerprint density at radius 2 is 0.667 bits per heavy atom. The van der Waals surface area contributed by atoms with Crippen LogP contribution < -0.4 is 18.9 Å². The van der Waals surface area contributed by atoms with Crippen LogP contribution in [-0.2, 0) is 10.2 Å². The molecule has 424 valence electrons. The summed E-state index contributed by atoms with van der Waals surface area (Å²) in [4.78, 5) is 40.9. The zero-order chi connectivity index (χ0) is 57.9. The van der Waals surface area contributed by atoms with Gasteiger partial charge >= 0.3 is 6.16 Å². The molecule has 14 nitrogen and oxygen atoms in total. The number of rotatable bonds is 26. The standard InChI is InChI=1S/C70H66N6O8/c1-70(2,53-31-35-55(36-32-53)80-43-19-3-4-20-44-81-57-39-41-59(61(77)47-57)67-73-63(49-23-11-7-12-24-49)71-64(74-67)50-25-13-8-14-26-50)54-33-37-56(38-34-54)84-69(79)83-46-22-6-5-21-45-82-58-40-42-60(62(78)48-58)68-75-65(51-27-15-9-16-28-51)72-66(76-68)52-29-17-10-18-30-52/h7-18,23-42,47-48,77-78H,3-6,19-22,43-46H2,1-2H3. The zero-order valence-corrected chi connectivity index (χ0v) is 47.1. The van der Waals surface area contributed by atoms with Gasteiger partial charge in [0.2, 0.25) is 0 Å². The number of aromatic nitrogens is 6. The molecule has 0 spiro atoms. The van der Waals surface area contributed by atoms with Crippen LogP contribution in [0.1, 0.15) is 76.3 Å². The van der Waals surface area contributed by atoms with Crippen LogP contribution in [0.5, 0.6) is 34.5 Å². The Kier molecular flexibility index (Phi) is 19.2. The normalized spacial score (nSPS) is 11.2. The highest BCUT2D eigenvalue weighted by atomic mass is 16.7. The van der Waals surface area contributed by atoms with Gasteiger partial charge in [-0.1, -0.05) is 159 Å². The summed E-state index contributed by atoms with van der Waals surface area (Å²) in [7, 11) is 0. The summed E-state index contributed by atoms with van der Waals surface area (Å²) in [5, 5.41) is 22.2. The monoisotopic (exact) mass is 1120 g/mol. The van der Waals surface area contributed by atoms with Crippen molar-refractivity contribution in [3.8, 4) is 103 Å². The molecule has 0 aliphatic heterocycles. The Balaban J connectivity index is 0.591. The highest BCUT2D eigenvalue weighted by Gasteiger charge is 2.24. The van der Waals surface area contributed by atoms with Crippen LogP contribution in [0, 0.1) is 0 Å². The van der Waals surface area contributed by atoms with Crippen molar-refractivity contribution in [3.63, 3.8) is 0 Å². The molecule has 0 aliphatic carbocycles. The molecule has 0 bridgehead atoms. The highest BCUT2D eigenvalue weighted by molar-refractivity contribution is 5.72. The number of hydrogen-bond acceptors (Lipinski definition) is 14. The van der Waals surface area contributed by atoms with Crippen molar-refractivity contribution in [3.05, 3.63) is 217 Å². The Bertz CT molecular complexity index is 3610. The molecule has 0 atom stereocenters. The fourth-order valence-electron chi connectivity index (χ4n) is 9.48. The highest BCUT2D eigenvalue weighted by Crippen LogP contribution is 2.36. The van der Waals surface area contributed by atoms with E-state index in [0.717, 1.165) is 84.1 Å². The molecule has 0 saturated carbocycles. The number of benzene rings is 8. The number of carbonyl (C=O) groups excluding carboxylic acids is 1. The van der Waals surface area contributed by atoms with E-state index in [4.69, 9.17) is 53.6 Å². The van der Waals surface area contributed by atoms with E-state index in [2.05, 4.69) is 26.0 Å². The number of phenolic OH excluding ortho intramolecular Hbond substituents is 2. The van der Waals surface area contributed by atoms with Gasteiger partial charge < -0.3 is 33.9 Å². The van der Waals surface area contributed by atoms with Crippen molar-refractivity contribution >= 4 is 6.16 Å². The molecule has 8 aromatic carbocycles. The van der Waals surface area contributed by atoms with E-state index in [9.17, 15) is 15.0 Å². The van der Waals surface area contributed by atoms with Crippen molar-refractivity contribution in [2.75, 3.05) is 26.4 Å². The number of hydrogen-bond donors (Lipinski definition) is 2. The third kappa shape index (κ3) is 15.3. The number of ether oxygens (including phenoxy) is 5. The van der Waals surface area contributed by atoms with Crippen molar-refractivity contribution in [2.45, 2.75) is 70.6 Å². The van der Waals surface area contributed by atoms with Crippen LogP contribution in [0.3, 0.4) is 0 Å². The van der Waals surface area contributed by atoms with E-state index in [0.29, 0.717) is 89.6 Å². The summed E-state index contributed by atoms with van der Waals surface area (Å²) in [6.45, 7) is 6.16. The van der Waals surface area contributed by atoms with E-state index in [-0.39, 0.29) is 23.5 Å². The van der Waals surface area contributed by atoms with Crippen LogP contribution in [0.15, 0.2) is 206 Å². The lowest BCUT2D eigenvalue weighted by atomic mass is 9.78. The molecule has 0 amide bonds. The Labute approximate surface area is 489 Å². The second-order valence-corrected chi connectivity index (χ2v) is 20.7. The maximum Gasteiger partial charge on any atom is 0.513 e. The van der Waals surface area contributed by atoms with Gasteiger partial charge in [0.25, 0.3) is 0 Å². The van der Waals surface area contributed by atoms with E-state index >= 15 is 0 Å². The smallest absolute Gasteiger partial charge is 0.507 e. The molecule has 14 heteroatoms. The van der Waals surface area contributed by atoms with Gasteiger partial charge in [-0.3, -0.25) is 0 Å². The van der Waals surface area contributed by atoms with Crippen molar-refractivity contribution in [1.82, 2.24) is 29.9 Å². The van der Waals surface area contributed by atoms with Crippen LogP contribution in [-0.4, -0.2) is 72.7 Å². The predicted molar refractivity (Wildman–Crippen MR) is 326 cm³/mol. The summed E-state index contributed by atoms with van der Waals surface area (Å²) >= 11 is 0. The summed E-state index contributed by atoms with van der Waals surface area (Å²) in [5.41, 5.74) is 6.25. The minimum atomic E-state index is -0.738. The maximum atomic E-state index is 12.5. The molecule has 0 fully saturated rings. The fourth-order valence-corrected chi connectivity index (χ4v) is 9.48. The molecule has 0 unspecified atom stereocenters. The molecule has 2 aromatic heterocycles. The van der Waals surface area contributed by atoms with E-state index in [1.807, 2.05) is 152 Å². The van der Waals surface area contributed by atoms with Crippen molar-refractivity contribution < 1.29 is 38.7 Å². The molecule has 0 saturated heterocycles. The van der Waals surface area contributed by atoms with Gasteiger partial charge in [0.15, 0.2) is 34.9 Å². The molecule has 0 aliphatic rings. The third-order valence-corrected chi connectivity index (χ3v) is 14.3. The third-order valence-electron chi connectivity index (χ3n) is 14.3. The number of nitrogens with zero attached hydrogens (tertiary/aromatic N) is 6. The lowest BCUT2D eigenvalue weighted by Gasteiger charge is -2.26. The first kappa shape index (κ1) is 57.3. The second-order valence-electron chi connectivity index (χ2n) is 20.7. The van der Waals surface area contributed by atoms with Crippen LogP contribution >= 0.6 is 0 Å². The maximum absolute atomic E-state index is 12.5. The lowest BCUT2D eigenvalue weighted by molar-refractivity contribution is 0.0971. The zero-order valence-electron chi connectivity index (χ0n) is 47.1. The second kappa shape index (κ2) is 28.2. The average Bonchev–Trinajstić information content (AvgIpc) is 2.84. The number of phenols is 2. The average molecular weight is 1120 g/mol. The summed E-state index contributed by atoms with van der Waals surface area (Å²) in [5.74, 6) is 5.21. The first-order valence-corrected chi connectivity index (χ1v) is 28.5. The van der Waals surface area contributed by atoms with Crippen LogP contribution in [0.25, 0.3) is 68.3 Å². The SMILES string of the molecule is CC(C)(c1ccc(OCCCCCCOc2ccc(-c3nc(-c4ccccc4)nc(-c4ccccc4)n3)c(O)c2)cc1)c1ccc(OC(=O)OCCCCCCOc2ccc(-c3nc(-c4ccccc4)nc(-c4ccccc4)n3)c(O)c2)cc1. The quantitative estimate of drug-likeness (QED) is 0.0297. The van der Waals surface area contributed by atoms with Gasteiger partial charge in [0.05, 0.1) is 37.6 Å². The fraction of sp³-hybridized carbons (Fsp3) is 0.214. The Morgan fingerprint density at radius 3 is 1.02 bits per heavy atom. The van der Waals surface area contributed by atoms with Gasteiger partial charge in [-0.2, -0.15) is 0 Å². The molecule has 84 heavy (non-hydrogen) atoms. The Hall–Kier alpha value is -9.95. The molecule has 10 aromatic rings. The van der Waals surface area contributed by atoms with E-state index in [1.54, 1.807) is 42.5 Å². The minimum absolute atomic E-state index is 0.00788. The first-order chi connectivity index (χ1) is 41.1. The van der Waals surface area contributed by atoms with Crippen LogP contribution in [0.2, 0.25) is 0 Å². The van der Waals surface area contributed by atoms with Gasteiger partial charge in [-0.05, 0) is 111 Å². The predicted octanol–water partition coefficient (Wildman–Crippen LogP) is 16.0. The number of aromatic hydroxyl groups is 2. The minimum Gasteiger partial charge on any atom is -0.507 e. The Morgan fingerprint density at radius 1 is 0.357 bits per heavy atom. The molecular weight excluding hydrogens is 1050 g/mol. The number of unbranched alkanes of at least 4 members (excludes halogenated alkanes) is 6. The van der Waals surface area contributed by atoms with Crippen molar-refractivity contribution in [1.29, 1.82) is 0 Å². The topological polar surface area (TPSA) is 181 Å². The lowest BCUT2D eigenvalue weighted by Crippen LogP contribution is -2.19. The number of carbonyl (C=O) groups is 1. The van der Waals surface area contributed by atoms with E-state index in [1.165, 1.54) is 0 Å². The first-order valence-electron chi connectivity index (χ1n) is 28.5. The molecular formula is C70H66N6O8. The molecule has 2 heterocycles. The molecule has 10 rings (SSSR count). The van der Waals surface area contributed by atoms with Gasteiger partial charge in [-0.15, -0.1) is 0 Å². The van der Waals surface area contributed by atoms with E-state index < -0.39 is 6.16 Å². The largest absolute Gasteiger partial charge is 0.513 e. The van der Waals surface area contributed by atoms with Crippen LogP contribution in [0.4, 0.5) is 4.79 Å². The van der Waals surface area contributed by atoms with Crippen molar-refractivity contribution in [2.24, 2.45) is 0 Å². The van der Waals surface area contributed by atoms with Gasteiger partial charge in [0.1, 0.15) is 34.5 Å². The summed E-state index contributed by atoms with van der Waals surface area (Å²) < 4.78 is 28.9. The molecule has 0 radical (unpaired) electrons. The molecule has 2 N–H and O–H groups in total.